The summed E-state index contributed by atoms with van der Waals surface area (Å²) in [5.74, 6) is 0.424. The van der Waals surface area contributed by atoms with Crippen LogP contribution in [0, 0.1) is 5.41 Å². The Bertz CT molecular complexity index is 778. The Kier molecular flexibility index (Phi) is 5.46. The fourth-order valence-corrected chi connectivity index (χ4v) is 5.76. The summed E-state index contributed by atoms with van der Waals surface area (Å²) in [6, 6.07) is 4.26. The molecule has 0 unspecified atom stereocenters. The molecule has 0 spiro atoms. The van der Waals surface area contributed by atoms with Crippen molar-refractivity contribution in [3.63, 3.8) is 0 Å². The quantitative estimate of drug-likeness (QED) is 0.611. The molecule has 1 aromatic carbocycles. The van der Waals surface area contributed by atoms with Gasteiger partial charge in [0.1, 0.15) is 0 Å². The Morgan fingerprint density at radius 2 is 1.92 bits per heavy atom. The zero-order valence-corrected chi connectivity index (χ0v) is 17.7. The van der Waals surface area contributed by atoms with Crippen molar-refractivity contribution in [2.75, 3.05) is 0 Å². The smallest absolute Gasteiger partial charge is 0.393 e. The summed E-state index contributed by atoms with van der Waals surface area (Å²) >= 11 is 0. The zero-order chi connectivity index (χ0) is 17.1. The van der Waals surface area contributed by atoms with Gasteiger partial charge in [-0.25, -0.2) is 4.18 Å². The third-order valence-corrected chi connectivity index (χ3v) is 7.08. The van der Waals surface area contributed by atoms with Gasteiger partial charge in [-0.1, -0.05) is 19.1 Å². The Labute approximate surface area is 171 Å². The maximum Gasteiger partial charge on any atom is 0.397 e. The monoisotopic (exact) mass is 375 g/mol. The van der Waals surface area contributed by atoms with E-state index in [2.05, 4.69) is 19.1 Å². The van der Waals surface area contributed by atoms with Crippen molar-refractivity contribution in [1.29, 1.82) is 0 Å². The summed E-state index contributed by atoms with van der Waals surface area (Å²) in [4.78, 5) is 0. The minimum atomic E-state index is -4.40. The molecule has 3 aliphatic carbocycles. The summed E-state index contributed by atoms with van der Waals surface area (Å²) in [6.45, 7) is 2.22. The van der Waals surface area contributed by atoms with E-state index in [1.165, 1.54) is 16.7 Å². The van der Waals surface area contributed by atoms with Gasteiger partial charge < -0.3 is 5.11 Å². The number of benzene rings is 1. The van der Waals surface area contributed by atoms with E-state index in [1.54, 1.807) is 0 Å². The number of hydrogen-bond acceptors (Lipinski definition) is 4. The van der Waals surface area contributed by atoms with E-state index in [1.807, 2.05) is 0 Å². The van der Waals surface area contributed by atoms with Crippen molar-refractivity contribution in [3.05, 3.63) is 34.4 Å². The molecule has 0 aromatic heterocycles. The van der Waals surface area contributed by atoms with Gasteiger partial charge in [0, 0.05) is 41.4 Å². The van der Waals surface area contributed by atoms with Crippen molar-refractivity contribution in [1.82, 2.24) is 0 Å². The third kappa shape index (κ3) is 3.47. The molecule has 1 fully saturated rings. The van der Waals surface area contributed by atoms with Crippen LogP contribution in [0.15, 0.2) is 12.1 Å². The van der Waals surface area contributed by atoms with Gasteiger partial charge in [-0.15, -0.1) is 0 Å². The van der Waals surface area contributed by atoms with Crippen LogP contribution >= 0.6 is 0 Å². The molecule has 1 aromatic rings. The molecule has 25 heavy (non-hydrogen) atoms. The van der Waals surface area contributed by atoms with Crippen LogP contribution in [0.3, 0.4) is 0 Å². The van der Waals surface area contributed by atoms with E-state index in [0.717, 1.165) is 37.7 Å². The van der Waals surface area contributed by atoms with Crippen LogP contribution in [0.4, 0.5) is 0 Å². The molecule has 5 nitrogen and oxygen atoms in total. The Hall–Kier alpha value is 0.0500. The maximum absolute atomic E-state index is 10.9. The summed E-state index contributed by atoms with van der Waals surface area (Å²) in [5.41, 5.74) is 5.26. The first-order valence-corrected chi connectivity index (χ1v) is 10.1. The molecule has 0 bridgehead atoms. The van der Waals surface area contributed by atoms with E-state index in [4.69, 9.17) is 8.74 Å². The molecule has 0 amide bonds. The standard InChI is InChI=1S/C18H24O5S.Na/c1-18-9-8-14-13-5-3-12(23-24(20,21)22)10-11(13)2-4-15(14)16(18)6-7-17(18)19;/h2,4,12,16-17,19H,3,5-10H2,1H3,(H,20,21,22);/t12-,16-,17-,18-;/m0./s1. The first-order chi connectivity index (χ1) is 11.3. The predicted molar refractivity (Wildman–Crippen MR) is 95.1 cm³/mol. The summed E-state index contributed by atoms with van der Waals surface area (Å²) in [5, 5.41) is 10.4. The average molecular weight is 375 g/mol. The van der Waals surface area contributed by atoms with Crippen LogP contribution in [-0.2, 0) is 33.8 Å². The Morgan fingerprint density at radius 3 is 2.64 bits per heavy atom. The van der Waals surface area contributed by atoms with E-state index in [9.17, 15) is 13.5 Å². The van der Waals surface area contributed by atoms with Crippen molar-refractivity contribution in [2.45, 2.75) is 70.0 Å². The minimum Gasteiger partial charge on any atom is -0.393 e. The molecule has 133 valence electrons. The van der Waals surface area contributed by atoms with Gasteiger partial charge in [0.15, 0.2) is 0 Å². The SMILES string of the molecule is C[C@]12CCc3c(ccc4c3CC[C@H](OS(=O)(=O)O)C4)[C@@H]1CC[C@@H]2O.[Na]. The fourth-order valence-electron chi connectivity index (χ4n) is 5.25. The number of fused-ring (bicyclic) bond motifs is 5. The zero-order valence-electron chi connectivity index (χ0n) is 14.9. The third-order valence-electron chi connectivity index (χ3n) is 6.56. The molecular formula is C18H24NaO5S. The van der Waals surface area contributed by atoms with Gasteiger partial charge >= 0.3 is 10.4 Å². The minimum absolute atomic E-state index is 0. The molecular weight excluding hydrogens is 351 g/mol. The van der Waals surface area contributed by atoms with Crippen LogP contribution in [-0.4, -0.2) is 59.8 Å². The number of hydrogen-bond donors (Lipinski definition) is 2. The van der Waals surface area contributed by atoms with Crippen LogP contribution < -0.4 is 0 Å². The number of aliphatic hydroxyl groups excluding tert-OH is 1. The summed E-state index contributed by atoms with van der Waals surface area (Å²) < 4.78 is 35.6. The molecule has 1 radical (unpaired) electrons. The molecule has 4 rings (SSSR count). The van der Waals surface area contributed by atoms with Gasteiger partial charge in [-0.3, -0.25) is 4.55 Å². The molecule has 7 heteroatoms. The van der Waals surface area contributed by atoms with Crippen molar-refractivity contribution >= 4 is 40.0 Å². The van der Waals surface area contributed by atoms with Crippen molar-refractivity contribution < 1.29 is 22.3 Å². The fraction of sp³-hybridized carbons (Fsp3) is 0.667. The molecule has 0 saturated heterocycles. The van der Waals surface area contributed by atoms with E-state index >= 15 is 0 Å². The van der Waals surface area contributed by atoms with Gasteiger partial charge in [-0.05, 0) is 66.7 Å². The van der Waals surface area contributed by atoms with Crippen molar-refractivity contribution in [3.8, 4) is 0 Å². The molecule has 0 aliphatic heterocycles. The van der Waals surface area contributed by atoms with Gasteiger partial charge in [0.05, 0.1) is 12.2 Å². The Balaban J connectivity index is 0.00000182. The van der Waals surface area contributed by atoms with Gasteiger partial charge in [0.25, 0.3) is 0 Å². The molecule has 2 N–H and O–H groups in total. The average Bonchev–Trinajstić information content (AvgIpc) is 2.81. The first kappa shape index (κ1) is 19.8. The molecule has 4 atom stereocenters. The second-order valence-corrected chi connectivity index (χ2v) is 8.86. The van der Waals surface area contributed by atoms with Gasteiger partial charge in [0.2, 0.25) is 0 Å². The van der Waals surface area contributed by atoms with Crippen molar-refractivity contribution in [2.24, 2.45) is 5.41 Å². The second kappa shape index (κ2) is 6.89. The summed E-state index contributed by atoms with van der Waals surface area (Å²) in [7, 11) is -4.40. The van der Waals surface area contributed by atoms with Crippen LogP contribution in [0.5, 0.6) is 0 Å². The van der Waals surface area contributed by atoms with Gasteiger partial charge in [-0.2, -0.15) is 8.42 Å². The van der Waals surface area contributed by atoms with E-state index in [-0.39, 0.29) is 41.1 Å². The van der Waals surface area contributed by atoms with Crippen LogP contribution in [0.1, 0.15) is 60.8 Å². The van der Waals surface area contributed by atoms with Crippen LogP contribution in [0.2, 0.25) is 0 Å². The molecule has 3 aliphatic rings. The normalized spacial score (nSPS) is 33.8. The second-order valence-electron chi connectivity index (χ2n) is 7.81. The number of rotatable bonds is 2. The molecule has 0 heterocycles. The Morgan fingerprint density at radius 1 is 1.16 bits per heavy atom. The van der Waals surface area contributed by atoms with Crippen LogP contribution in [0.25, 0.3) is 0 Å². The summed E-state index contributed by atoms with van der Waals surface area (Å²) in [6.07, 6.45) is 5.12. The first-order valence-electron chi connectivity index (χ1n) is 8.75. The topological polar surface area (TPSA) is 83.8 Å². The molecule has 1 saturated carbocycles. The number of aliphatic hydroxyl groups is 1. The largest absolute Gasteiger partial charge is 0.397 e. The maximum atomic E-state index is 10.9. The van der Waals surface area contributed by atoms with E-state index < -0.39 is 16.5 Å². The predicted octanol–water partition coefficient (Wildman–Crippen LogP) is 2.17. The van der Waals surface area contributed by atoms with E-state index in [0.29, 0.717) is 18.8 Å².